The van der Waals surface area contributed by atoms with Crippen molar-refractivity contribution in [3.8, 4) is 0 Å². The molecule has 4 nitrogen and oxygen atoms in total. The molecule has 0 aliphatic carbocycles. The van der Waals surface area contributed by atoms with Gasteiger partial charge in [-0.05, 0) is 30.4 Å². The molecular weight excluding hydrogens is 276 g/mol. The summed E-state index contributed by atoms with van der Waals surface area (Å²) in [7, 11) is 0. The van der Waals surface area contributed by atoms with Crippen molar-refractivity contribution in [2.24, 2.45) is 11.7 Å². The minimum atomic E-state index is -0.469. The van der Waals surface area contributed by atoms with Crippen LogP contribution in [-0.2, 0) is 11.3 Å². The molecule has 0 radical (unpaired) electrons. The molecule has 4 N–H and O–H groups in total. The van der Waals surface area contributed by atoms with Crippen LogP contribution in [0.4, 0.5) is 0 Å². The van der Waals surface area contributed by atoms with E-state index < -0.39 is 12.1 Å². The van der Waals surface area contributed by atoms with Crippen molar-refractivity contribution in [3.05, 3.63) is 35.4 Å². The third kappa shape index (κ3) is 6.37. The fourth-order valence-electron chi connectivity index (χ4n) is 1.85. The van der Waals surface area contributed by atoms with Gasteiger partial charge in [0.15, 0.2) is 0 Å². The fraction of sp³-hybridized carbons (Fsp3) is 0.533. The second-order valence-corrected chi connectivity index (χ2v) is 5.37. The quantitative estimate of drug-likeness (QED) is 0.753. The van der Waals surface area contributed by atoms with E-state index in [1.807, 2.05) is 38.1 Å². The number of benzene rings is 1. The Morgan fingerprint density at radius 3 is 2.25 bits per heavy atom. The van der Waals surface area contributed by atoms with Crippen LogP contribution in [0.1, 0.15) is 44.4 Å². The van der Waals surface area contributed by atoms with Gasteiger partial charge in [-0.25, -0.2) is 0 Å². The molecule has 5 heteroatoms. The van der Waals surface area contributed by atoms with Crippen LogP contribution in [0.25, 0.3) is 0 Å². The van der Waals surface area contributed by atoms with Crippen molar-refractivity contribution >= 4 is 18.3 Å². The summed E-state index contributed by atoms with van der Waals surface area (Å²) in [5, 5.41) is 12.2. The molecule has 0 fully saturated rings. The lowest BCUT2D eigenvalue weighted by atomic mass is 10.0. The Bertz CT molecular complexity index is 405. The van der Waals surface area contributed by atoms with Gasteiger partial charge in [0.1, 0.15) is 0 Å². The van der Waals surface area contributed by atoms with Gasteiger partial charge in [-0.15, -0.1) is 12.4 Å². The number of halogens is 1. The van der Waals surface area contributed by atoms with E-state index in [4.69, 9.17) is 5.73 Å². The lowest BCUT2D eigenvalue weighted by molar-refractivity contribution is -0.122. The Balaban J connectivity index is 0.00000361. The van der Waals surface area contributed by atoms with Gasteiger partial charge in [0, 0.05) is 6.54 Å². The fourth-order valence-corrected chi connectivity index (χ4v) is 1.85. The second-order valence-electron chi connectivity index (χ2n) is 5.37. The van der Waals surface area contributed by atoms with Crippen LogP contribution < -0.4 is 11.1 Å². The lowest BCUT2D eigenvalue weighted by Gasteiger charge is -2.14. The Morgan fingerprint density at radius 1 is 1.25 bits per heavy atom. The minimum Gasteiger partial charge on any atom is -0.389 e. The van der Waals surface area contributed by atoms with Gasteiger partial charge in [0.2, 0.25) is 5.91 Å². The molecule has 1 unspecified atom stereocenters. The third-order valence-corrected chi connectivity index (χ3v) is 2.99. The topological polar surface area (TPSA) is 75.4 Å². The molecule has 0 heterocycles. The van der Waals surface area contributed by atoms with Gasteiger partial charge >= 0.3 is 0 Å². The van der Waals surface area contributed by atoms with E-state index in [0.29, 0.717) is 18.9 Å². The number of hydrogen-bond acceptors (Lipinski definition) is 3. The molecule has 1 aromatic rings. The average Bonchev–Trinajstić information content (AvgIpc) is 2.35. The van der Waals surface area contributed by atoms with Gasteiger partial charge < -0.3 is 16.2 Å². The molecule has 0 saturated heterocycles. The smallest absolute Gasteiger partial charge is 0.237 e. The molecule has 0 aliphatic rings. The van der Waals surface area contributed by atoms with Crippen LogP contribution >= 0.6 is 12.4 Å². The highest BCUT2D eigenvalue weighted by Crippen LogP contribution is 2.12. The Labute approximate surface area is 127 Å². The van der Waals surface area contributed by atoms with E-state index >= 15 is 0 Å². The van der Waals surface area contributed by atoms with Crippen LogP contribution in [0.5, 0.6) is 0 Å². The van der Waals surface area contributed by atoms with E-state index in [1.54, 1.807) is 6.92 Å². The van der Waals surface area contributed by atoms with Crippen LogP contribution in [0.3, 0.4) is 0 Å². The van der Waals surface area contributed by atoms with Crippen molar-refractivity contribution in [1.29, 1.82) is 0 Å². The number of carbonyl (C=O) groups is 1. The zero-order chi connectivity index (χ0) is 14.4. The maximum absolute atomic E-state index is 11.8. The summed E-state index contributed by atoms with van der Waals surface area (Å²) in [6.45, 7) is 6.27. The van der Waals surface area contributed by atoms with Gasteiger partial charge in [0.05, 0.1) is 12.1 Å². The first-order valence-corrected chi connectivity index (χ1v) is 6.70. The second kappa shape index (κ2) is 8.95. The van der Waals surface area contributed by atoms with E-state index in [2.05, 4.69) is 5.32 Å². The number of rotatable bonds is 6. The molecule has 0 aromatic heterocycles. The molecule has 0 bridgehead atoms. The number of aliphatic hydroxyl groups is 1. The standard InChI is InChI=1S/C15H24N2O2.ClH/c1-10(2)8-14(16)15(19)17-9-12-4-6-13(7-5-12)11(3)18;/h4-7,10-11,14,18H,8-9,16H2,1-3H3,(H,17,19);1H/t11?,14-;/m0./s1. The first-order chi connectivity index (χ1) is 8.90. The van der Waals surface area contributed by atoms with Gasteiger partial charge in [-0.2, -0.15) is 0 Å². The highest BCUT2D eigenvalue weighted by molar-refractivity contribution is 5.85. The van der Waals surface area contributed by atoms with E-state index in [0.717, 1.165) is 11.1 Å². The SMILES string of the molecule is CC(C)C[C@H](N)C(=O)NCc1ccc(C(C)O)cc1.Cl. The monoisotopic (exact) mass is 300 g/mol. The number of nitrogens with two attached hydrogens (primary N) is 1. The van der Waals surface area contributed by atoms with Crippen molar-refractivity contribution < 1.29 is 9.90 Å². The number of carbonyl (C=O) groups excluding carboxylic acids is 1. The first kappa shape index (κ1) is 18.9. The number of hydrogen-bond donors (Lipinski definition) is 3. The minimum absolute atomic E-state index is 0. The molecular formula is C15H25ClN2O2. The van der Waals surface area contributed by atoms with Crippen molar-refractivity contribution in [2.45, 2.75) is 45.9 Å². The molecule has 1 amide bonds. The molecule has 2 atom stereocenters. The molecule has 114 valence electrons. The number of aliphatic hydroxyl groups excluding tert-OH is 1. The highest BCUT2D eigenvalue weighted by atomic mass is 35.5. The Kier molecular flexibility index (Phi) is 8.46. The molecule has 0 aliphatic heterocycles. The zero-order valence-corrected chi connectivity index (χ0v) is 13.1. The van der Waals surface area contributed by atoms with Gasteiger partial charge in [0.25, 0.3) is 0 Å². The summed E-state index contributed by atoms with van der Waals surface area (Å²) in [4.78, 5) is 11.8. The summed E-state index contributed by atoms with van der Waals surface area (Å²) in [6, 6.07) is 7.07. The van der Waals surface area contributed by atoms with E-state index in [-0.39, 0.29) is 18.3 Å². The average molecular weight is 301 g/mol. The van der Waals surface area contributed by atoms with Crippen LogP contribution in [0, 0.1) is 5.92 Å². The molecule has 0 spiro atoms. The first-order valence-electron chi connectivity index (χ1n) is 6.70. The predicted octanol–water partition coefficient (Wildman–Crippen LogP) is 2.15. The number of nitrogens with one attached hydrogen (secondary N) is 1. The van der Waals surface area contributed by atoms with Crippen LogP contribution in [-0.4, -0.2) is 17.1 Å². The summed E-state index contributed by atoms with van der Waals surface area (Å²) in [5.41, 5.74) is 7.66. The molecule has 0 saturated carbocycles. The molecule has 1 rings (SSSR count). The van der Waals surface area contributed by atoms with Crippen molar-refractivity contribution in [2.75, 3.05) is 0 Å². The van der Waals surface area contributed by atoms with Crippen molar-refractivity contribution in [1.82, 2.24) is 5.32 Å². The van der Waals surface area contributed by atoms with Crippen LogP contribution in [0.15, 0.2) is 24.3 Å². The zero-order valence-electron chi connectivity index (χ0n) is 12.3. The maximum Gasteiger partial charge on any atom is 0.237 e. The third-order valence-electron chi connectivity index (χ3n) is 2.99. The van der Waals surface area contributed by atoms with Gasteiger partial charge in [-0.1, -0.05) is 38.1 Å². The molecule has 1 aromatic carbocycles. The Hall–Kier alpha value is -1.10. The van der Waals surface area contributed by atoms with Gasteiger partial charge in [-0.3, -0.25) is 4.79 Å². The maximum atomic E-state index is 11.8. The summed E-state index contributed by atoms with van der Waals surface area (Å²) < 4.78 is 0. The largest absolute Gasteiger partial charge is 0.389 e. The lowest BCUT2D eigenvalue weighted by Crippen LogP contribution is -2.41. The summed E-state index contributed by atoms with van der Waals surface area (Å²) in [5.74, 6) is 0.291. The van der Waals surface area contributed by atoms with Crippen molar-refractivity contribution in [3.63, 3.8) is 0 Å². The molecule has 20 heavy (non-hydrogen) atoms. The highest BCUT2D eigenvalue weighted by Gasteiger charge is 2.14. The Morgan fingerprint density at radius 2 is 1.80 bits per heavy atom. The number of amides is 1. The van der Waals surface area contributed by atoms with E-state index in [9.17, 15) is 9.90 Å². The van der Waals surface area contributed by atoms with Crippen LogP contribution in [0.2, 0.25) is 0 Å². The predicted molar refractivity (Wildman–Crippen MR) is 83.6 cm³/mol. The normalized spacial score (nSPS) is 13.5. The summed E-state index contributed by atoms with van der Waals surface area (Å²) >= 11 is 0. The summed E-state index contributed by atoms with van der Waals surface area (Å²) in [6.07, 6.45) is 0.218. The van der Waals surface area contributed by atoms with E-state index in [1.165, 1.54) is 0 Å².